The van der Waals surface area contributed by atoms with Crippen molar-refractivity contribution < 1.29 is 17.9 Å². The van der Waals surface area contributed by atoms with Gasteiger partial charge < -0.3 is 10.1 Å². The largest absolute Gasteiger partial charge is 0.481 e. The highest BCUT2D eigenvalue weighted by atomic mass is 32.2. The highest BCUT2D eigenvalue weighted by Gasteiger charge is 2.18. The van der Waals surface area contributed by atoms with Crippen molar-refractivity contribution in [3.8, 4) is 5.75 Å². The topological polar surface area (TPSA) is 84.5 Å². The van der Waals surface area contributed by atoms with Gasteiger partial charge in [-0.15, -0.1) is 0 Å². The Balaban J connectivity index is 1.67. The molecule has 0 aliphatic heterocycles. The number of nitrogens with one attached hydrogen (secondary N) is 2. The number of amides is 1. The second-order valence-electron chi connectivity index (χ2n) is 6.96. The molecule has 3 aromatic carbocycles. The molecule has 156 valence electrons. The number of anilines is 2. The van der Waals surface area contributed by atoms with Crippen LogP contribution in [0.25, 0.3) is 0 Å². The number of sulfonamides is 1. The number of hydrogen-bond donors (Lipinski definition) is 2. The van der Waals surface area contributed by atoms with Gasteiger partial charge in [-0.25, -0.2) is 8.42 Å². The monoisotopic (exact) mass is 424 g/mol. The molecule has 0 spiro atoms. The predicted octanol–water partition coefficient (Wildman–Crippen LogP) is 4.51. The van der Waals surface area contributed by atoms with E-state index >= 15 is 0 Å². The second-order valence-corrected chi connectivity index (χ2v) is 8.64. The third kappa shape index (κ3) is 5.18. The fraction of sp³-hybridized carbons (Fsp3) is 0.174. The van der Waals surface area contributed by atoms with Gasteiger partial charge >= 0.3 is 0 Å². The third-order valence-electron chi connectivity index (χ3n) is 4.57. The zero-order valence-corrected chi connectivity index (χ0v) is 17.9. The first kappa shape index (κ1) is 21.4. The zero-order valence-electron chi connectivity index (χ0n) is 17.0. The lowest BCUT2D eigenvalue weighted by molar-refractivity contribution is -0.122. The normalized spacial score (nSPS) is 12.1. The van der Waals surface area contributed by atoms with E-state index in [1.807, 2.05) is 50.2 Å². The van der Waals surface area contributed by atoms with Gasteiger partial charge in [0.25, 0.3) is 15.9 Å². The van der Waals surface area contributed by atoms with Crippen LogP contribution in [0.5, 0.6) is 5.75 Å². The van der Waals surface area contributed by atoms with Crippen LogP contribution in [-0.2, 0) is 14.8 Å². The molecular formula is C23H24N2O4S. The summed E-state index contributed by atoms with van der Waals surface area (Å²) in [4.78, 5) is 12.5. The lowest BCUT2D eigenvalue weighted by Crippen LogP contribution is -2.30. The Morgan fingerprint density at radius 3 is 2.07 bits per heavy atom. The Morgan fingerprint density at radius 1 is 0.867 bits per heavy atom. The molecule has 7 heteroatoms. The molecule has 1 atom stereocenters. The lowest BCUT2D eigenvalue weighted by atomic mass is 10.1. The van der Waals surface area contributed by atoms with Crippen molar-refractivity contribution >= 4 is 27.3 Å². The molecule has 3 rings (SSSR count). The molecule has 0 saturated heterocycles. The minimum Gasteiger partial charge on any atom is -0.481 e. The average molecular weight is 425 g/mol. The molecule has 0 unspecified atom stereocenters. The van der Waals surface area contributed by atoms with E-state index in [1.54, 1.807) is 31.2 Å². The number of benzene rings is 3. The summed E-state index contributed by atoms with van der Waals surface area (Å²) in [7, 11) is -3.75. The fourth-order valence-corrected chi connectivity index (χ4v) is 4.09. The first-order valence-electron chi connectivity index (χ1n) is 9.48. The third-order valence-corrected chi connectivity index (χ3v) is 5.94. The molecular weight excluding hydrogens is 400 g/mol. The summed E-state index contributed by atoms with van der Waals surface area (Å²) in [5.74, 6) is 0.266. The summed E-state index contributed by atoms with van der Waals surface area (Å²) in [5, 5.41) is 2.73. The highest BCUT2D eigenvalue weighted by Crippen LogP contribution is 2.24. The van der Waals surface area contributed by atoms with Crippen molar-refractivity contribution in [3.63, 3.8) is 0 Å². The maximum atomic E-state index is 12.7. The Bertz CT molecular complexity index is 1110. The van der Waals surface area contributed by atoms with E-state index in [0.29, 0.717) is 17.1 Å². The smallest absolute Gasteiger partial charge is 0.265 e. The number of carbonyl (C=O) groups is 1. The van der Waals surface area contributed by atoms with Gasteiger partial charge in [-0.2, -0.15) is 0 Å². The van der Waals surface area contributed by atoms with E-state index in [2.05, 4.69) is 10.0 Å². The molecule has 3 aromatic rings. The number of hydrogen-bond acceptors (Lipinski definition) is 4. The van der Waals surface area contributed by atoms with Gasteiger partial charge in [-0.1, -0.05) is 36.4 Å². The van der Waals surface area contributed by atoms with E-state index in [0.717, 1.165) is 11.1 Å². The van der Waals surface area contributed by atoms with Gasteiger partial charge in [0.1, 0.15) is 5.75 Å². The molecule has 0 bridgehead atoms. The fourth-order valence-electron chi connectivity index (χ4n) is 2.89. The van der Waals surface area contributed by atoms with Crippen molar-refractivity contribution in [2.45, 2.75) is 31.8 Å². The molecule has 0 aromatic heterocycles. The molecule has 6 nitrogen and oxygen atoms in total. The Labute approximate surface area is 177 Å². The van der Waals surface area contributed by atoms with Gasteiger partial charge in [0.2, 0.25) is 0 Å². The summed E-state index contributed by atoms with van der Waals surface area (Å²) in [5.41, 5.74) is 2.74. The van der Waals surface area contributed by atoms with Crippen LogP contribution in [0.3, 0.4) is 0 Å². The number of aryl methyl sites for hydroxylation is 2. The summed E-state index contributed by atoms with van der Waals surface area (Å²) in [6.07, 6.45) is -0.707. The van der Waals surface area contributed by atoms with Crippen LogP contribution in [0.15, 0.2) is 77.7 Å². The van der Waals surface area contributed by atoms with Crippen molar-refractivity contribution in [2.75, 3.05) is 10.0 Å². The van der Waals surface area contributed by atoms with Gasteiger partial charge in [-0.05, 0) is 68.3 Å². The number of para-hydroxylation sites is 2. The van der Waals surface area contributed by atoms with Crippen LogP contribution in [0.4, 0.5) is 11.4 Å². The molecule has 2 N–H and O–H groups in total. The van der Waals surface area contributed by atoms with Crippen LogP contribution in [-0.4, -0.2) is 20.4 Å². The van der Waals surface area contributed by atoms with E-state index in [4.69, 9.17) is 4.74 Å². The van der Waals surface area contributed by atoms with Crippen LogP contribution in [0, 0.1) is 13.8 Å². The Kier molecular flexibility index (Phi) is 6.42. The quantitative estimate of drug-likeness (QED) is 0.584. The van der Waals surface area contributed by atoms with Crippen LogP contribution >= 0.6 is 0 Å². The zero-order chi connectivity index (χ0) is 21.7. The van der Waals surface area contributed by atoms with Gasteiger partial charge in [0, 0.05) is 5.69 Å². The van der Waals surface area contributed by atoms with Crippen molar-refractivity contribution in [1.29, 1.82) is 0 Å². The van der Waals surface area contributed by atoms with Gasteiger partial charge in [0.15, 0.2) is 6.10 Å². The Hall–Kier alpha value is -3.32. The first-order chi connectivity index (χ1) is 14.3. The number of rotatable bonds is 7. The Morgan fingerprint density at radius 2 is 1.47 bits per heavy atom. The minimum atomic E-state index is -3.75. The van der Waals surface area contributed by atoms with Gasteiger partial charge in [0.05, 0.1) is 10.6 Å². The molecule has 0 aliphatic carbocycles. The lowest BCUT2D eigenvalue weighted by Gasteiger charge is -2.15. The van der Waals surface area contributed by atoms with E-state index in [-0.39, 0.29) is 10.8 Å². The first-order valence-corrected chi connectivity index (χ1v) is 11.0. The molecule has 30 heavy (non-hydrogen) atoms. The van der Waals surface area contributed by atoms with E-state index in [9.17, 15) is 13.2 Å². The van der Waals surface area contributed by atoms with E-state index in [1.165, 1.54) is 12.1 Å². The maximum Gasteiger partial charge on any atom is 0.265 e. The van der Waals surface area contributed by atoms with Gasteiger partial charge in [-0.3, -0.25) is 9.52 Å². The van der Waals surface area contributed by atoms with Crippen molar-refractivity contribution in [3.05, 3.63) is 83.9 Å². The SMILES string of the molecule is Cc1cccc(C)c1NS(=O)(=O)c1ccc(NC(=O)[C@@H](C)Oc2ccccc2)cc1. The predicted molar refractivity (Wildman–Crippen MR) is 118 cm³/mol. The minimum absolute atomic E-state index is 0.108. The van der Waals surface area contributed by atoms with Crippen LogP contribution in [0.2, 0.25) is 0 Å². The molecule has 0 saturated carbocycles. The average Bonchev–Trinajstić information content (AvgIpc) is 2.72. The van der Waals surface area contributed by atoms with Crippen molar-refractivity contribution in [2.24, 2.45) is 0 Å². The summed E-state index contributed by atoms with van der Waals surface area (Å²) in [6, 6.07) is 20.6. The molecule has 0 fully saturated rings. The van der Waals surface area contributed by atoms with E-state index < -0.39 is 16.1 Å². The summed E-state index contributed by atoms with van der Waals surface area (Å²) >= 11 is 0. The molecule has 0 heterocycles. The van der Waals surface area contributed by atoms with Crippen molar-refractivity contribution in [1.82, 2.24) is 0 Å². The summed E-state index contributed by atoms with van der Waals surface area (Å²) < 4.78 is 33.7. The summed E-state index contributed by atoms with van der Waals surface area (Å²) in [6.45, 7) is 5.35. The second kappa shape index (κ2) is 9.00. The highest BCUT2D eigenvalue weighted by molar-refractivity contribution is 7.92. The molecule has 1 amide bonds. The number of carbonyl (C=O) groups excluding carboxylic acids is 1. The standard InChI is InChI=1S/C23H24N2O4S/c1-16-8-7-9-17(2)22(16)25-30(27,28)21-14-12-19(13-15-21)24-23(26)18(3)29-20-10-5-4-6-11-20/h4-15,18,25H,1-3H3,(H,24,26)/t18-/m1/s1. The van der Waals surface area contributed by atoms with Crippen LogP contribution < -0.4 is 14.8 Å². The number of ether oxygens (including phenoxy) is 1. The maximum absolute atomic E-state index is 12.7. The molecule has 0 radical (unpaired) electrons. The molecule has 0 aliphatic rings. The van der Waals surface area contributed by atoms with Crippen LogP contribution in [0.1, 0.15) is 18.1 Å².